The van der Waals surface area contributed by atoms with Crippen molar-refractivity contribution in [3.63, 3.8) is 0 Å². The third kappa shape index (κ3) is 4.98. The Morgan fingerprint density at radius 2 is 1.75 bits per heavy atom. The number of ether oxygens (including phenoxy) is 1. The monoisotopic (exact) mass is 438 g/mol. The average Bonchev–Trinajstić information content (AvgIpc) is 2.73. The van der Waals surface area contributed by atoms with E-state index in [-0.39, 0.29) is 18.2 Å². The van der Waals surface area contributed by atoms with Crippen molar-refractivity contribution < 1.29 is 14.3 Å². The molecule has 0 aliphatic carbocycles. The van der Waals surface area contributed by atoms with Crippen LogP contribution in [0.4, 0.5) is 11.4 Å². The van der Waals surface area contributed by atoms with Gasteiger partial charge in [-0.1, -0.05) is 52.3 Å². The molecule has 6 heteroatoms. The standard InChI is InChI=1S/C22H19BrN2O3/c1-28-18-9-5-8-17(13-18)25-21(26)14-24-20-11-10-16(23)12-19(20)22(27)15-6-3-2-4-7-15/h2-13,24H,14H2,1H3,(H,25,26). The first-order valence-electron chi connectivity index (χ1n) is 8.64. The minimum Gasteiger partial charge on any atom is -0.497 e. The first-order chi connectivity index (χ1) is 13.6. The summed E-state index contributed by atoms with van der Waals surface area (Å²) >= 11 is 3.40. The topological polar surface area (TPSA) is 67.4 Å². The van der Waals surface area contributed by atoms with Crippen molar-refractivity contribution in [1.29, 1.82) is 0 Å². The first kappa shape index (κ1) is 19.6. The summed E-state index contributed by atoms with van der Waals surface area (Å²) in [4.78, 5) is 25.1. The number of carbonyl (C=O) groups is 2. The van der Waals surface area contributed by atoms with Crippen LogP contribution in [0.1, 0.15) is 15.9 Å². The molecule has 0 fully saturated rings. The van der Waals surface area contributed by atoms with Gasteiger partial charge in [-0.2, -0.15) is 0 Å². The number of ketones is 1. The highest BCUT2D eigenvalue weighted by Crippen LogP contribution is 2.24. The molecule has 0 heterocycles. The predicted octanol–water partition coefficient (Wildman–Crippen LogP) is 4.74. The van der Waals surface area contributed by atoms with Gasteiger partial charge in [0.05, 0.1) is 13.7 Å². The molecule has 0 spiro atoms. The van der Waals surface area contributed by atoms with Gasteiger partial charge in [0.2, 0.25) is 5.91 Å². The maximum Gasteiger partial charge on any atom is 0.243 e. The highest BCUT2D eigenvalue weighted by atomic mass is 79.9. The SMILES string of the molecule is COc1cccc(NC(=O)CNc2ccc(Br)cc2C(=O)c2ccccc2)c1. The lowest BCUT2D eigenvalue weighted by Crippen LogP contribution is -2.22. The van der Waals surface area contributed by atoms with Crippen LogP contribution < -0.4 is 15.4 Å². The molecule has 2 N–H and O–H groups in total. The zero-order chi connectivity index (χ0) is 19.9. The minimum atomic E-state index is -0.228. The van der Waals surface area contributed by atoms with E-state index in [0.29, 0.717) is 28.3 Å². The first-order valence-corrected chi connectivity index (χ1v) is 9.43. The smallest absolute Gasteiger partial charge is 0.243 e. The summed E-state index contributed by atoms with van der Waals surface area (Å²) in [5.41, 5.74) is 2.32. The van der Waals surface area contributed by atoms with Gasteiger partial charge >= 0.3 is 0 Å². The molecule has 0 saturated heterocycles. The van der Waals surface area contributed by atoms with E-state index in [1.807, 2.05) is 24.3 Å². The molecule has 28 heavy (non-hydrogen) atoms. The van der Waals surface area contributed by atoms with Crippen molar-refractivity contribution >= 4 is 39.0 Å². The molecule has 3 aromatic carbocycles. The van der Waals surface area contributed by atoms with Gasteiger partial charge in [0.1, 0.15) is 5.75 Å². The number of rotatable bonds is 7. The number of anilines is 2. The maximum atomic E-state index is 12.9. The van der Waals surface area contributed by atoms with E-state index in [2.05, 4.69) is 26.6 Å². The van der Waals surface area contributed by atoms with Gasteiger partial charge in [-0.05, 0) is 30.3 Å². The third-order valence-corrected chi connectivity index (χ3v) is 4.55. The number of benzene rings is 3. The molecule has 0 unspecified atom stereocenters. The molecule has 1 amide bonds. The Labute approximate surface area is 171 Å². The van der Waals surface area contributed by atoms with Gasteiger partial charge in [-0.25, -0.2) is 0 Å². The zero-order valence-electron chi connectivity index (χ0n) is 15.2. The molecular formula is C22H19BrN2O3. The number of hydrogen-bond donors (Lipinski definition) is 2. The predicted molar refractivity (Wildman–Crippen MR) is 114 cm³/mol. The second-order valence-electron chi connectivity index (χ2n) is 6.02. The summed E-state index contributed by atoms with van der Waals surface area (Å²) < 4.78 is 5.94. The van der Waals surface area contributed by atoms with Gasteiger partial charge in [-0.3, -0.25) is 9.59 Å². The highest BCUT2D eigenvalue weighted by Gasteiger charge is 2.15. The molecule has 0 radical (unpaired) electrons. The van der Waals surface area contributed by atoms with Crippen molar-refractivity contribution in [2.24, 2.45) is 0 Å². The zero-order valence-corrected chi connectivity index (χ0v) is 16.8. The summed E-state index contributed by atoms with van der Waals surface area (Å²) in [7, 11) is 1.57. The van der Waals surface area contributed by atoms with E-state index in [9.17, 15) is 9.59 Å². The second kappa shape index (κ2) is 9.19. The molecule has 0 saturated carbocycles. The average molecular weight is 439 g/mol. The largest absolute Gasteiger partial charge is 0.497 e. The van der Waals surface area contributed by atoms with E-state index in [1.165, 1.54) is 0 Å². The van der Waals surface area contributed by atoms with Crippen LogP contribution >= 0.6 is 15.9 Å². The Morgan fingerprint density at radius 1 is 0.964 bits per heavy atom. The number of nitrogens with one attached hydrogen (secondary N) is 2. The molecule has 0 bridgehead atoms. The molecule has 0 atom stereocenters. The molecule has 5 nitrogen and oxygen atoms in total. The Balaban J connectivity index is 1.72. The Bertz CT molecular complexity index is 990. The number of carbonyl (C=O) groups excluding carboxylic acids is 2. The highest BCUT2D eigenvalue weighted by molar-refractivity contribution is 9.10. The molecule has 0 aromatic heterocycles. The van der Waals surface area contributed by atoms with Crippen LogP contribution in [0, 0.1) is 0 Å². The lowest BCUT2D eigenvalue weighted by atomic mass is 10.0. The normalized spacial score (nSPS) is 10.2. The van der Waals surface area contributed by atoms with Crippen LogP contribution in [0.15, 0.2) is 77.3 Å². The van der Waals surface area contributed by atoms with Crippen molar-refractivity contribution in [2.75, 3.05) is 24.3 Å². The van der Waals surface area contributed by atoms with Gasteiger partial charge in [0, 0.05) is 33.0 Å². The van der Waals surface area contributed by atoms with Crippen LogP contribution in [0.25, 0.3) is 0 Å². The Morgan fingerprint density at radius 3 is 2.50 bits per heavy atom. The van der Waals surface area contributed by atoms with Crippen molar-refractivity contribution in [2.45, 2.75) is 0 Å². The fraction of sp³-hybridized carbons (Fsp3) is 0.0909. The van der Waals surface area contributed by atoms with Crippen LogP contribution in [0.2, 0.25) is 0 Å². The summed E-state index contributed by atoms with van der Waals surface area (Å²) in [5.74, 6) is 0.321. The number of halogens is 1. The summed E-state index contributed by atoms with van der Waals surface area (Å²) in [5, 5.41) is 5.86. The molecule has 0 aliphatic rings. The van der Waals surface area contributed by atoms with E-state index >= 15 is 0 Å². The van der Waals surface area contributed by atoms with Crippen LogP contribution in [-0.2, 0) is 4.79 Å². The molecule has 3 aromatic rings. The number of methoxy groups -OCH3 is 1. The van der Waals surface area contributed by atoms with Crippen LogP contribution in [0.5, 0.6) is 5.75 Å². The quantitative estimate of drug-likeness (QED) is 0.522. The summed E-state index contributed by atoms with van der Waals surface area (Å²) in [6.07, 6.45) is 0. The molecule has 3 rings (SSSR count). The van der Waals surface area contributed by atoms with Crippen LogP contribution in [0.3, 0.4) is 0 Å². The lowest BCUT2D eigenvalue weighted by Gasteiger charge is -2.13. The molecule has 142 valence electrons. The van der Waals surface area contributed by atoms with Gasteiger partial charge in [0.25, 0.3) is 0 Å². The van der Waals surface area contributed by atoms with Crippen molar-refractivity contribution in [3.05, 3.63) is 88.4 Å². The fourth-order valence-corrected chi connectivity index (χ4v) is 3.05. The minimum absolute atomic E-state index is 0.0217. The third-order valence-electron chi connectivity index (χ3n) is 4.06. The lowest BCUT2D eigenvalue weighted by molar-refractivity contribution is -0.114. The fourth-order valence-electron chi connectivity index (χ4n) is 2.69. The van der Waals surface area contributed by atoms with E-state index in [0.717, 1.165) is 4.47 Å². The summed E-state index contributed by atoms with van der Waals surface area (Å²) in [6, 6.07) is 21.5. The maximum absolute atomic E-state index is 12.9. The van der Waals surface area contributed by atoms with Gasteiger partial charge < -0.3 is 15.4 Å². The van der Waals surface area contributed by atoms with E-state index in [4.69, 9.17) is 4.74 Å². The van der Waals surface area contributed by atoms with E-state index in [1.54, 1.807) is 55.6 Å². The number of amides is 1. The summed E-state index contributed by atoms with van der Waals surface area (Å²) in [6.45, 7) is 0.0217. The second-order valence-corrected chi connectivity index (χ2v) is 6.93. The number of hydrogen-bond acceptors (Lipinski definition) is 4. The molecular weight excluding hydrogens is 420 g/mol. The van der Waals surface area contributed by atoms with Crippen molar-refractivity contribution in [1.82, 2.24) is 0 Å². The van der Waals surface area contributed by atoms with Gasteiger partial charge in [0.15, 0.2) is 5.78 Å². The Hall–Kier alpha value is -3.12. The van der Waals surface area contributed by atoms with Crippen molar-refractivity contribution in [3.8, 4) is 5.75 Å². The van der Waals surface area contributed by atoms with Crippen LogP contribution in [-0.4, -0.2) is 25.3 Å². The molecule has 0 aliphatic heterocycles. The Kier molecular flexibility index (Phi) is 6.45. The van der Waals surface area contributed by atoms with Gasteiger partial charge in [-0.15, -0.1) is 0 Å². The van der Waals surface area contributed by atoms with E-state index < -0.39 is 0 Å².